The Balaban J connectivity index is 1.80. The summed E-state index contributed by atoms with van der Waals surface area (Å²) in [6, 6.07) is 6.30. The zero-order valence-corrected chi connectivity index (χ0v) is 16.1. The van der Waals surface area contributed by atoms with E-state index < -0.39 is 0 Å². The second kappa shape index (κ2) is 8.32. The van der Waals surface area contributed by atoms with E-state index in [2.05, 4.69) is 44.3 Å². The number of thiocarbonyl (C=S) groups is 1. The molecule has 0 radical (unpaired) electrons. The largest absolute Gasteiger partial charge is 0.374 e. The van der Waals surface area contributed by atoms with Gasteiger partial charge in [0, 0.05) is 6.04 Å². The van der Waals surface area contributed by atoms with Crippen molar-refractivity contribution in [2.75, 3.05) is 0 Å². The van der Waals surface area contributed by atoms with Gasteiger partial charge in [0.1, 0.15) is 0 Å². The summed E-state index contributed by atoms with van der Waals surface area (Å²) in [5, 5.41) is 4.56. The zero-order chi connectivity index (χ0) is 17.0. The molecule has 3 atom stereocenters. The Kier molecular flexibility index (Phi) is 6.70. The maximum atomic E-state index is 6.08. The van der Waals surface area contributed by atoms with Crippen LogP contribution in [0.3, 0.4) is 0 Å². The van der Waals surface area contributed by atoms with Gasteiger partial charge in [0.2, 0.25) is 0 Å². The Morgan fingerprint density at radius 3 is 2.61 bits per heavy atom. The van der Waals surface area contributed by atoms with Crippen molar-refractivity contribution in [1.29, 1.82) is 0 Å². The van der Waals surface area contributed by atoms with Crippen molar-refractivity contribution in [3.05, 3.63) is 58.1 Å². The predicted molar refractivity (Wildman–Crippen MR) is 106 cm³/mol. The van der Waals surface area contributed by atoms with E-state index >= 15 is 0 Å². The molecule has 0 aromatic heterocycles. The van der Waals surface area contributed by atoms with E-state index in [0.29, 0.717) is 33.8 Å². The van der Waals surface area contributed by atoms with Gasteiger partial charge in [-0.3, -0.25) is 0 Å². The smallest absolute Gasteiger partial charge is 0.0990 e. The van der Waals surface area contributed by atoms with Crippen LogP contribution >= 0.6 is 35.4 Å². The van der Waals surface area contributed by atoms with Gasteiger partial charge in [-0.15, -0.1) is 0 Å². The molecule has 0 spiro atoms. The molecule has 4 heteroatoms. The molecule has 23 heavy (non-hydrogen) atoms. The van der Waals surface area contributed by atoms with Crippen LogP contribution in [0.2, 0.25) is 10.0 Å². The lowest BCUT2D eigenvalue weighted by molar-refractivity contribution is 0.490. The van der Waals surface area contributed by atoms with Gasteiger partial charge in [0.25, 0.3) is 0 Å². The van der Waals surface area contributed by atoms with E-state index in [-0.39, 0.29) is 0 Å². The lowest BCUT2D eigenvalue weighted by Gasteiger charge is -2.17. The number of nitrogens with one attached hydrogen (secondary N) is 1. The van der Waals surface area contributed by atoms with E-state index in [1.807, 2.05) is 24.3 Å². The summed E-state index contributed by atoms with van der Waals surface area (Å²) < 4.78 is 0. The Morgan fingerprint density at radius 2 is 1.96 bits per heavy atom. The molecule has 1 nitrogen and oxygen atoms in total. The highest BCUT2D eigenvalue weighted by atomic mass is 35.5. The molecule has 0 bridgehead atoms. The summed E-state index contributed by atoms with van der Waals surface area (Å²) in [7, 11) is 0. The second-order valence-corrected chi connectivity index (χ2v) is 7.72. The first-order chi connectivity index (χ1) is 10.9. The van der Waals surface area contributed by atoms with Gasteiger partial charge in [-0.2, -0.15) is 0 Å². The molecule has 1 saturated carbocycles. The molecule has 1 aromatic carbocycles. The Morgan fingerprint density at radius 1 is 1.22 bits per heavy atom. The Bertz CT molecular complexity index is 622. The summed E-state index contributed by atoms with van der Waals surface area (Å²) >= 11 is 17.3. The van der Waals surface area contributed by atoms with Crippen LogP contribution in [0, 0.1) is 11.8 Å². The lowest BCUT2D eigenvalue weighted by Crippen LogP contribution is -2.33. The van der Waals surface area contributed by atoms with E-state index in [1.165, 1.54) is 5.56 Å². The van der Waals surface area contributed by atoms with Crippen molar-refractivity contribution in [2.45, 2.75) is 39.2 Å². The molecular formula is C19H23Cl2NS. The fourth-order valence-corrected chi connectivity index (χ4v) is 2.91. The number of benzene rings is 1. The van der Waals surface area contributed by atoms with Crippen LogP contribution in [-0.2, 0) is 0 Å². The number of halogens is 2. The van der Waals surface area contributed by atoms with Crippen LogP contribution in [0.5, 0.6) is 0 Å². The highest BCUT2D eigenvalue weighted by molar-refractivity contribution is 7.80. The average Bonchev–Trinajstić information content (AvgIpc) is 3.26. The van der Waals surface area contributed by atoms with Crippen LogP contribution in [-0.4, -0.2) is 11.0 Å². The Labute approximate surface area is 154 Å². The van der Waals surface area contributed by atoms with Crippen molar-refractivity contribution < 1.29 is 0 Å². The van der Waals surface area contributed by atoms with Gasteiger partial charge >= 0.3 is 0 Å². The fraction of sp³-hybridized carbons (Fsp3) is 0.421. The summed E-state index contributed by atoms with van der Waals surface area (Å²) in [5.41, 5.74) is 1.26. The van der Waals surface area contributed by atoms with Crippen LogP contribution in [0.4, 0.5) is 0 Å². The van der Waals surface area contributed by atoms with Crippen molar-refractivity contribution in [1.82, 2.24) is 5.32 Å². The molecule has 1 aliphatic rings. The molecule has 0 heterocycles. The van der Waals surface area contributed by atoms with Crippen molar-refractivity contribution in [3.63, 3.8) is 0 Å². The molecule has 1 fully saturated rings. The number of hydrogen-bond acceptors (Lipinski definition) is 1. The number of rotatable bonds is 6. The zero-order valence-electron chi connectivity index (χ0n) is 13.7. The Hall–Kier alpha value is -0.830. The van der Waals surface area contributed by atoms with Crippen molar-refractivity contribution in [3.8, 4) is 0 Å². The maximum absolute atomic E-state index is 6.08. The minimum atomic E-state index is 0.388. The van der Waals surface area contributed by atoms with Gasteiger partial charge < -0.3 is 5.32 Å². The van der Waals surface area contributed by atoms with E-state index in [1.54, 1.807) is 0 Å². The highest BCUT2D eigenvalue weighted by Crippen LogP contribution is 2.49. The van der Waals surface area contributed by atoms with Crippen LogP contribution < -0.4 is 5.32 Å². The quantitative estimate of drug-likeness (QED) is 0.366. The summed E-state index contributed by atoms with van der Waals surface area (Å²) in [6.07, 6.45) is 9.43. The monoisotopic (exact) mass is 367 g/mol. The van der Waals surface area contributed by atoms with Crippen LogP contribution in [0.25, 0.3) is 0 Å². The van der Waals surface area contributed by atoms with E-state index in [9.17, 15) is 0 Å². The molecule has 2 rings (SSSR count). The normalized spacial score (nSPS) is 22.0. The molecule has 1 aliphatic carbocycles. The highest BCUT2D eigenvalue weighted by Gasteiger charge is 2.36. The minimum Gasteiger partial charge on any atom is -0.374 e. The first-order valence-corrected chi connectivity index (χ1v) is 9.15. The van der Waals surface area contributed by atoms with Gasteiger partial charge in [0.05, 0.1) is 15.0 Å². The molecule has 1 unspecified atom stereocenters. The molecule has 1 N–H and O–H groups in total. The standard InChI is InChI=1S/C19H23Cl2NS/c1-12(2)13(3)22-19(23)7-5-4-6-14-10-16(14)15-8-9-17(20)18(21)11-15/h4-9,11-14,16H,10H2,1-3H3,(H,22,23)/b6-4+,7-5+/t13?,14-,16-/m1/s1. The molecule has 1 aromatic rings. The van der Waals surface area contributed by atoms with Crippen molar-refractivity contribution >= 4 is 40.4 Å². The molecular weight excluding hydrogens is 345 g/mol. The molecule has 0 amide bonds. The fourth-order valence-electron chi connectivity index (χ4n) is 2.34. The first-order valence-electron chi connectivity index (χ1n) is 7.98. The summed E-state index contributed by atoms with van der Waals surface area (Å²) in [4.78, 5) is 0.785. The first kappa shape index (κ1) is 18.5. The molecule has 0 aliphatic heterocycles. The van der Waals surface area contributed by atoms with Crippen LogP contribution in [0.1, 0.15) is 38.7 Å². The third-order valence-electron chi connectivity index (χ3n) is 4.30. The third kappa shape index (κ3) is 5.63. The molecule has 0 saturated heterocycles. The lowest BCUT2D eigenvalue weighted by atomic mass is 10.1. The summed E-state index contributed by atoms with van der Waals surface area (Å²) in [5.74, 6) is 1.70. The number of allylic oxidation sites excluding steroid dienone is 3. The molecule has 124 valence electrons. The predicted octanol–water partition coefficient (Wildman–Crippen LogP) is 6.17. The minimum absolute atomic E-state index is 0.388. The topological polar surface area (TPSA) is 12.0 Å². The number of hydrogen-bond donors (Lipinski definition) is 1. The second-order valence-electron chi connectivity index (χ2n) is 6.46. The van der Waals surface area contributed by atoms with Crippen LogP contribution in [0.15, 0.2) is 42.5 Å². The summed E-state index contributed by atoms with van der Waals surface area (Å²) in [6.45, 7) is 6.51. The van der Waals surface area contributed by atoms with Gasteiger partial charge in [-0.05, 0) is 54.9 Å². The van der Waals surface area contributed by atoms with E-state index in [4.69, 9.17) is 35.4 Å². The maximum Gasteiger partial charge on any atom is 0.0990 e. The van der Waals surface area contributed by atoms with Gasteiger partial charge in [0.15, 0.2) is 0 Å². The third-order valence-corrected chi connectivity index (χ3v) is 5.29. The SMILES string of the molecule is CC(C)C(C)NC(=S)/C=C/C=C/[C@@H]1C[C@H]1c1ccc(Cl)c(Cl)c1. The average molecular weight is 368 g/mol. The van der Waals surface area contributed by atoms with Gasteiger partial charge in [-0.25, -0.2) is 0 Å². The van der Waals surface area contributed by atoms with E-state index in [0.717, 1.165) is 11.4 Å². The van der Waals surface area contributed by atoms with Crippen molar-refractivity contribution in [2.24, 2.45) is 11.8 Å². The van der Waals surface area contributed by atoms with Gasteiger partial charge in [-0.1, -0.05) is 73.6 Å².